The Bertz CT molecular complexity index is 279. The molecule has 1 aliphatic carbocycles. The van der Waals surface area contributed by atoms with Crippen LogP contribution in [0, 0.1) is 23.2 Å². The van der Waals surface area contributed by atoms with E-state index in [0.717, 1.165) is 19.0 Å². The van der Waals surface area contributed by atoms with Gasteiger partial charge in [0.2, 0.25) is 5.91 Å². The minimum Gasteiger partial charge on any atom is -0.340 e. The number of hydrogen-bond acceptors (Lipinski definition) is 3. The molecule has 0 bridgehead atoms. The summed E-state index contributed by atoms with van der Waals surface area (Å²) in [5, 5.41) is 11.8. The number of nitrogens with one attached hydrogen (secondary N) is 1. The number of rotatable bonds is 8. The van der Waals surface area contributed by atoms with Crippen molar-refractivity contribution in [3.8, 4) is 6.07 Å². The second-order valence-corrected chi connectivity index (χ2v) is 5.22. The highest BCUT2D eigenvalue weighted by Crippen LogP contribution is 2.27. The molecule has 1 fully saturated rings. The number of carbonyl (C=O) groups excluding carboxylic acids is 1. The number of carbonyl (C=O) groups is 1. The van der Waals surface area contributed by atoms with Crippen molar-refractivity contribution in [2.45, 2.75) is 33.1 Å². The molecule has 0 aromatic heterocycles. The second-order valence-electron chi connectivity index (χ2n) is 5.22. The van der Waals surface area contributed by atoms with Gasteiger partial charge in [-0.25, -0.2) is 0 Å². The molecule has 4 nitrogen and oxygen atoms in total. The molecule has 1 rings (SSSR count). The first kappa shape index (κ1) is 14.0. The molecule has 1 saturated carbocycles. The summed E-state index contributed by atoms with van der Waals surface area (Å²) in [6, 6.07) is 2.10. The SMILES string of the molecule is CC(C)CN(CCC#N)C(=O)CNCC1CC1. The highest BCUT2D eigenvalue weighted by Gasteiger charge is 2.21. The predicted molar refractivity (Wildman–Crippen MR) is 67.2 cm³/mol. The van der Waals surface area contributed by atoms with Gasteiger partial charge >= 0.3 is 0 Å². The van der Waals surface area contributed by atoms with E-state index in [1.54, 1.807) is 4.90 Å². The topological polar surface area (TPSA) is 56.1 Å². The maximum Gasteiger partial charge on any atom is 0.236 e. The van der Waals surface area contributed by atoms with Crippen LogP contribution in [0.15, 0.2) is 0 Å². The van der Waals surface area contributed by atoms with E-state index < -0.39 is 0 Å². The van der Waals surface area contributed by atoms with Gasteiger partial charge in [-0.05, 0) is 31.2 Å². The molecule has 1 aliphatic rings. The first-order valence-electron chi connectivity index (χ1n) is 6.49. The van der Waals surface area contributed by atoms with Crippen molar-refractivity contribution < 1.29 is 4.79 Å². The Labute approximate surface area is 104 Å². The van der Waals surface area contributed by atoms with Gasteiger partial charge in [-0.2, -0.15) is 5.26 Å². The van der Waals surface area contributed by atoms with Gasteiger partial charge in [-0.15, -0.1) is 0 Å². The maximum atomic E-state index is 11.9. The van der Waals surface area contributed by atoms with Crippen LogP contribution in [0.25, 0.3) is 0 Å². The van der Waals surface area contributed by atoms with Crippen molar-refractivity contribution in [1.29, 1.82) is 5.26 Å². The fourth-order valence-corrected chi connectivity index (χ4v) is 1.76. The molecule has 4 heteroatoms. The van der Waals surface area contributed by atoms with E-state index in [1.807, 2.05) is 0 Å². The molecule has 0 aliphatic heterocycles. The maximum absolute atomic E-state index is 11.9. The van der Waals surface area contributed by atoms with Crippen LogP contribution in [-0.2, 0) is 4.79 Å². The average molecular weight is 237 g/mol. The van der Waals surface area contributed by atoms with E-state index in [4.69, 9.17) is 5.26 Å². The van der Waals surface area contributed by atoms with Gasteiger partial charge in [0.25, 0.3) is 0 Å². The molecule has 0 saturated heterocycles. The lowest BCUT2D eigenvalue weighted by Crippen LogP contribution is -2.41. The number of nitrogens with zero attached hydrogens (tertiary/aromatic N) is 2. The van der Waals surface area contributed by atoms with Crippen LogP contribution in [0.5, 0.6) is 0 Å². The highest BCUT2D eigenvalue weighted by molar-refractivity contribution is 5.78. The van der Waals surface area contributed by atoms with Crippen LogP contribution in [0.3, 0.4) is 0 Å². The Morgan fingerprint density at radius 2 is 2.24 bits per heavy atom. The lowest BCUT2D eigenvalue weighted by atomic mass is 10.2. The number of amides is 1. The lowest BCUT2D eigenvalue weighted by molar-refractivity contribution is -0.130. The standard InChI is InChI=1S/C13H23N3O/c1-11(2)10-16(7-3-6-14)13(17)9-15-8-12-4-5-12/h11-12,15H,3-5,7-10H2,1-2H3. The summed E-state index contributed by atoms with van der Waals surface area (Å²) in [4.78, 5) is 13.7. The Morgan fingerprint density at radius 1 is 1.53 bits per heavy atom. The monoisotopic (exact) mass is 237 g/mol. The van der Waals surface area contributed by atoms with Crippen LogP contribution in [0.4, 0.5) is 0 Å². The fraction of sp³-hybridized carbons (Fsp3) is 0.846. The van der Waals surface area contributed by atoms with Gasteiger partial charge < -0.3 is 10.2 Å². The summed E-state index contributed by atoms with van der Waals surface area (Å²) in [6.45, 7) is 6.84. The molecule has 0 heterocycles. The van der Waals surface area contributed by atoms with Crippen molar-refractivity contribution in [2.24, 2.45) is 11.8 Å². The predicted octanol–water partition coefficient (Wildman–Crippen LogP) is 1.38. The lowest BCUT2D eigenvalue weighted by Gasteiger charge is -2.23. The minimum atomic E-state index is 0.120. The Balaban J connectivity index is 2.26. The summed E-state index contributed by atoms with van der Waals surface area (Å²) in [6.07, 6.45) is 3.01. The average Bonchev–Trinajstić information content (AvgIpc) is 3.07. The van der Waals surface area contributed by atoms with Crippen molar-refractivity contribution in [2.75, 3.05) is 26.2 Å². The van der Waals surface area contributed by atoms with Crippen molar-refractivity contribution >= 4 is 5.91 Å². The van der Waals surface area contributed by atoms with E-state index in [-0.39, 0.29) is 5.91 Å². The summed E-state index contributed by atoms with van der Waals surface area (Å²) >= 11 is 0. The largest absolute Gasteiger partial charge is 0.340 e. The molecular formula is C13H23N3O. The zero-order valence-corrected chi connectivity index (χ0v) is 10.9. The Hall–Kier alpha value is -1.08. The number of hydrogen-bond donors (Lipinski definition) is 1. The van der Waals surface area contributed by atoms with Crippen LogP contribution in [0.2, 0.25) is 0 Å². The second kappa shape index (κ2) is 7.29. The molecular weight excluding hydrogens is 214 g/mol. The van der Waals surface area contributed by atoms with Crippen molar-refractivity contribution in [3.05, 3.63) is 0 Å². The van der Waals surface area contributed by atoms with Gasteiger partial charge in [0.1, 0.15) is 0 Å². The van der Waals surface area contributed by atoms with E-state index in [0.29, 0.717) is 25.4 Å². The Kier molecular flexibility index (Phi) is 5.99. The van der Waals surface area contributed by atoms with Gasteiger partial charge in [0.05, 0.1) is 19.0 Å². The van der Waals surface area contributed by atoms with E-state index in [9.17, 15) is 4.79 Å². The third kappa shape index (κ3) is 6.28. The third-order valence-corrected chi connectivity index (χ3v) is 2.84. The molecule has 1 amide bonds. The summed E-state index contributed by atoms with van der Waals surface area (Å²) < 4.78 is 0. The first-order valence-corrected chi connectivity index (χ1v) is 6.49. The molecule has 0 aromatic rings. The van der Waals surface area contributed by atoms with Gasteiger partial charge in [0, 0.05) is 13.1 Å². The summed E-state index contributed by atoms with van der Waals surface area (Å²) in [7, 11) is 0. The fourth-order valence-electron chi connectivity index (χ4n) is 1.76. The molecule has 0 atom stereocenters. The molecule has 0 aromatic carbocycles. The van der Waals surface area contributed by atoms with Gasteiger partial charge in [-0.3, -0.25) is 4.79 Å². The Morgan fingerprint density at radius 3 is 2.76 bits per heavy atom. The van der Waals surface area contributed by atoms with Crippen molar-refractivity contribution in [3.63, 3.8) is 0 Å². The number of nitriles is 1. The molecule has 0 spiro atoms. The van der Waals surface area contributed by atoms with E-state index >= 15 is 0 Å². The minimum absolute atomic E-state index is 0.120. The van der Waals surface area contributed by atoms with E-state index in [1.165, 1.54) is 12.8 Å². The summed E-state index contributed by atoms with van der Waals surface area (Å²) in [5.74, 6) is 1.36. The summed E-state index contributed by atoms with van der Waals surface area (Å²) in [5.41, 5.74) is 0. The molecule has 0 radical (unpaired) electrons. The van der Waals surface area contributed by atoms with Gasteiger partial charge in [-0.1, -0.05) is 13.8 Å². The van der Waals surface area contributed by atoms with Gasteiger partial charge in [0.15, 0.2) is 0 Å². The smallest absolute Gasteiger partial charge is 0.236 e. The quantitative estimate of drug-likeness (QED) is 0.694. The van der Waals surface area contributed by atoms with Crippen molar-refractivity contribution in [1.82, 2.24) is 10.2 Å². The molecule has 96 valence electrons. The molecule has 17 heavy (non-hydrogen) atoms. The first-order chi connectivity index (χ1) is 8.13. The van der Waals surface area contributed by atoms with Crippen LogP contribution in [0.1, 0.15) is 33.1 Å². The molecule has 1 N–H and O–H groups in total. The highest BCUT2D eigenvalue weighted by atomic mass is 16.2. The van der Waals surface area contributed by atoms with Crippen LogP contribution >= 0.6 is 0 Å². The zero-order chi connectivity index (χ0) is 12.7. The zero-order valence-electron chi connectivity index (χ0n) is 10.9. The molecule has 0 unspecified atom stereocenters. The van der Waals surface area contributed by atoms with Crippen LogP contribution < -0.4 is 5.32 Å². The van der Waals surface area contributed by atoms with E-state index in [2.05, 4.69) is 25.2 Å². The van der Waals surface area contributed by atoms with Crippen LogP contribution in [-0.4, -0.2) is 37.0 Å². The normalized spacial score (nSPS) is 14.7. The third-order valence-electron chi connectivity index (χ3n) is 2.84.